The Morgan fingerprint density at radius 1 is 1.21 bits per heavy atom. The number of nitrogens with zero attached hydrogens (tertiary/aromatic N) is 3. The molecule has 0 saturated heterocycles. The molecule has 1 aromatic carbocycles. The van der Waals surface area contributed by atoms with Gasteiger partial charge in [0.2, 0.25) is 5.91 Å². The van der Waals surface area contributed by atoms with Crippen LogP contribution < -0.4 is 10.9 Å². The normalized spacial score (nSPS) is 12.5. The molecular weight excluding hydrogens is 384 g/mol. The van der Waals surface area contributed by atoms with E-state index < -0.39 is 0 Å². The first-order valence-corrected chi connectivity index (χ1v) is 10.9. The van der Waals surface area contributed by atoms with Gasteiger partial charge in [0, 0.05) is 30.9 Å². The van der Waals surface area contributed by atoms with Gasteiger partial charge in [0.15, 0.2) is 5.16 Å². The van der Waals surface area contributed by atoms with Crippen molar-refractivity contribution < 1.29 is 4.79 Å². The SMILES string of the molecule is CC[C@H](C)NC(=O)CSc1nc2c(-c3ccccc3)cn(C)c2c(=O)n1C(C)C. The molecular formula is C22H28N4O2S. The lowest BCUT2D eigenvalue weighted by Crippen LogP contribution is -2.33. The zero-order chi connectivity index (χ0) is 21.1. The van der Waals surface area contributed by atoms with Crippen LogP contribution in [-0.2, 0) is 11.8 Å². The minimum atomic E-state index is -0.0838. The first kappa shape index (κ1) is 21.2. The number of aryl methyl sites for hydroxylation is 1. The lowest BCUT2D eigenvalue weighted by Gasteiger charge is -2.16. The number of fused-ring (bicyclic) bond motifs is 1. The van der Waals surface area contributed by atoms with Crippen molar-refractivity contribution in [3.05, 3.63) is 46.9 Å². The third-order valence-corrected chi connectivity index (χ3v) is 5.90. The highest BCUT2D eigenvalue weighted by molar-refractivity contribution is 7.99. The number of aromatic nitrogens is 3. The molecule has 2 heterocycles. The summed E-state index contributed by atoms with van der Waals surface area (Å²) in [7, 11) is 1.87. The maximum Gasteiger partial charge on any atom is 0.278 e. The molecule has 7 heteroatoms. The molecule has 1 atom stereocenters. The number of nitrogens with one attached hydrogen (secondary N) is 1. The highest BCUT2D eigenvalue weighted by Crippen LogP contribution is 2.29. The summed E-state index contributed by atoms with van der Waals surface area (Å²) in [6.07, 6.45) is 2.82. The van der Waals surface area contributed by atoms with Gasteiger partial charge in [-0.25, -0.2) is 4.98 Å². The van der Waals surface area contributed by atoms with Gasteiger partial charge in [-0.2, -0.15) is 0 Å². The van der Waals surface area contributed by atoms with Gasteiger partial charge in [0.25, 0.3) is 5.56 Å². The van der Waals surface area contributed by atoms with Crippen LogP contribution in [0.2, 0.25) is 0 Å². The summed E-state index contributed by atoms with van der Waals surface area (Å²) in [5, 5.41) is 3.53. The van der Waals surface area contributed by atoms with Gasteiger partial charge >= 0.3 is 0 Å². The van der Waals surface area contributed by atoms with Gasteiger partial charge in [0.05, 0.1) is 5.75 Å². The molecule has 0 unspecified atom stereocenters. The summed E-state index contributed by atoms with van der Waals surface area (Å²) in [6.45, 7) is 7.93. The molecule has 0 bridgehead atoms. The van der Waals surface area contributed by atoms with Crippen LogP contribution in [0.5, 0.6) is 0 Å². The van der Waals surface area contributed by atoms with Gasteiger partial charge in [-0.1, -0.05) is 49.0 Å². The van der Waals surface area contributed by atoms with Crippen LogP contribution in [0.3, 0.4) is 0 Å². The van der Waals surface area contributed by atoms with E-state index in [1.165, 1.54) is 11.8 Å². The predicted molar refractivity (Wildman–Crippen MR) is 119 cm³/mol. The maximum absolute atomic E-state index is 13.3. The molecule has 6 nitrogen and oxygen atoms in total. The van der Waals surface area contributed by atoms with Crippen LogP contribution in [-0.4, -0.2) is 31.8 Å². The molecule has 2 aromatic heterocycles. The van der Waals surface area contributed by atoms with E-state index in [0.717, 1.165) is 17.5 Å². The summed E-state index contributed by atoms with van der Waals surface area (Å²) >= 11 is 1.31. The summed E-state index contributed by atoms with van der Waals surface area (Å²) in [4.78, 5) is 30.4. The highest BCUT2D eigenvalue weighted by atomic mass is 32.2. The fourth-order valence-electron chi connectivity index (χ4n) is 3.26. The standard InChI is InChI=1S/C22H28N4O2S/c1-6-15(4)23-18(27)13-29-22-24-19-17(16-10-8-7-9-11-16)12-25(5)20(19)21(28)26(22)14(2)3/h7-12,14-15H,6,13H2,1-5H3,(H,23,27)/t15-/m0/s1. The van der Waals surface area contributed by atoms with Crippen molar-refractivity contribution in [2.75, 3.05) is 5.75 Å². The van der Waals surface area contributed by atoms with E-state index in [4.69, 9.17) is 4.98 Å². The average Bonchev–Trinajstić information content (AvgIpc) is 3.03. The van der Waals surface area contributed by atoms with Crippen molar-refractivity contribution >= 4 is 28.7 Å². The number of carbonyl (C=O) groups is 1. The molecule has 0 fully saturated rings. The van der Waals surface area contributed by atoms with E-state index in [1.54, 1.807) is 4.57 Å². The molecule has 0 aliphatic carbocycles. The quantitative estimate of drug-likeness (QED) is 0.471. The number of carbonyl (C=O) groups excluding carboxylic acids is 1. The second-order valence-corrected chi connectivity index (χ2v) is 8.49. The fourth-order valence-corrected chi connectivity index (χ4v) is 4.20. The van der Waals surface area contributed by atoms with Crippen LogP contribution >= 0.6 is 11.8 Å². The number of rotatable bonds is 7. The highest BCUT2D eigenvalue weighted by Gasteiger charge is 2.20. The van der Waals surface area contributed by atoms with Crippen molar-refractivity contribution in [2.24, 2.45) is 7.05 Å². The molecule has 0 radical (unpaired) electrons. The first-order chi connectivity index (χ1) is 13.8. The van der Waals surface area contributed by atoms with Crippen LogP contribution in [0.4, 0.5) is 0 Å². The molecule has 29 heavy (non-hydrogen) atoms. The zero-order valence-corrected chi connectivity index (χ0v) is 18.4. The molecule has 3 rings (SSSR count). The Balaban J connectivity index is 2.08. The molecule has 0 aliphatic heterocycles. The summed E-state index contributed by atoms with van der Waals surface area (Å²) < 4.78 is 3.52. The fraction of sp³-hybridized carbons (Fsp3) is 0.409. The number of thioether (sulfide) groups is 1. The second kappa shape index (κ2) is 8.86. The van der Waals surface area contributed by atoms with E-state index in [1.807, 2.05) is 75.8 Å². The van der Waals surface area contributed by atoms with Gasteiger partial charge in [-0.05, 0) is 32.8 Å². The molecule has 0 aliphatic rings. The number of benzene rings is 1. The van der Waals surface area contributed by atoms with Gasteiger partial charge in [-0.15, -0.1) is 0 Å². The monoisotopic (exact) mass is 412 g/mol. The summed E-state index contributed by atoms with van der Waals surface area (Å²) in [6, 6.07) is 9.99. The Morgan fingerprint density at radius 2 is 1.90 bits per heavy atom. The Labute approximate surface area is 175 Å². The molecule has 154 valence electrons. The van der Waals surface area contributed by atoms with Crippen molar-refractivity contribution in [2.45, 2.75) is 51.4 Å². The third-order valence-electron chi connectivity index (χ3n) is 4.94. The minimum Gasteiger partial charge on any atom is -0.353 e. The Morgan fingerprint density at radius 3 is 2.52 bits per heavy atom. The summed E-state index contributed by atoms with van der Waals surface area (Å²) in [5.41, 5.74) is 3.09. The summed E-state index contributed by atoms with van der Waals surface area (Å²) in [5.74, 6) is 0.174. The van der Waals surface area contributed by atoms with Crippen LogP contribution in [0.25, 0.3) is 22.2 Å². The van der Waals surface area contributed by atoms with E-state index in [9.17, 15) is 9.59 Å². The number of hydrogen-bond acceptors (Lipinski definition) is 4. The molecule has 3 aromatic rings. The Bertz CT molecular complexity index is 1070. The van der Waals surface area contributed by atoms with E-state index in [-0.39, 0.29) is 29.3 Å². The smallest absolute Gasteiger partial charge is 0.278 e. The van der Waals surface area contributed by atoms with Crippen molar-refractivity contribution in [3.8, 4) is 11.1 Å². The van der Waals surface area contributed by atoms with Crippen molar-refractivity contribution in [3.63, 3.8) is 0 Å². The van der Waals surface area contributed by atoms with E-state index in [2.05, 4.69) is 5.32 Å². The Kier molecular flexibility index (Phi) is 6.47. The third kappa shape index (κ3) is 4.40. The van der Waals surface area contributed by atoms with E-state index in [0.29, 0.717) is 16.2 Å². The molecule has 0 saturated carbocycles. The Hall–Kier alpha value is -2.54. The number of amides is 1. The molecule has 1 N–H and O–H groups in total. The molecule has 1 amide bonds. The van der Waals surface area contributed by atoms with Crippen LogP contribution in [0.1, 0.15) is 40.2 Å². The zero-order valence-electron chi connectivity index (χ0n) is 17.6. The van der Waals surface area contributed by atoms with Crippen LogP contribution in [0.15, 0.2) is 46.5 Å². The number of hydrogen-bond donors (Lipinski definition) is 1. The van der Waals surface area contributed by atoms with Gasteiger partial charge < -0.3 is 9.88 Å². The predicted octanol–water partition coefficient (Wildman–Crippen LogP) is 3.99. The maximum atomic E-state index is 13.3. The van der Waals surface area contributed by atoms with Crippen molar-refractivity contribution in [1.82, 2.24) is 19.4 Å². The molecule has 0 spiro atoms. The average molecular weight is 413 g/mol. The minimum absolute atomic E-state index is 0.0506. The largest absolute Gasteiger partial charge is 0.353 e. The van der Waals surface area contributed by atoms with E-state index >= 15 is 0 Å². The lowest BCUT2D eigenvalue weighted by atomic mass is 10.1. The van der Waals surface area contributed by atoms with Crippen LogP contribution in [0, 0.1) is 0 Å². The topological polar surface area (TPSA) is 68.9 Å². The van der Waals surface area contributed by atoms with Gasteiger partial charge in [-0.3, -0.25) is 14.2 Å². The van der Waals surface area contributed by atoms with Crippen molar-refractivity contribution in [1.29, 1.82) is 0 Å². The second-order valence-electron chi connectivity index (χ2n) is 7.55. The lowest BCUT2D eigenvalue weighted by molar-refractivity contribution is -0.119. The first-order valence-electron chi connectivity index (χ1n) is 9.92. The van der Waals surface area contributed by atoms with Gasteiger partial charge in [0.1, 0.15) is 11.0 Å².